The monoisotopic (exact) mass is 212 g/mol. The van der Waals surface area contributed by atoms with Crippen LogP contribution in [0.3, 0.4) is 0 Å². The highest BCUT2D eigenvalue weighted by Gasteiger charge is 2.07. The first-order valence-corrected chi connectivity index (χ1v) is 4.61. The molecule has 1 amide bonds. The largest absolute Gasteiger partial charge is 0.305 e. The van der Waals surface area contributed by atoms with E-state index in [-0.39, 0.29) is 5.91 Å². The molecule has 0 aliphatic rings. The van der Waals surface area contributed by atoms with Crippen LogP contribution in [0.2, 0.25) is 0 Å². The van der Waals surface area contributed by atoms with Gasteiger partial charge < -0.3 is 5.32 Å². The molecule has 1 aromatic carbocycles. The van der Waals surface area contributed by atoms with Crippen molar-refractivity contribution < 1.29 is 4.79 Å². The summed E-state index contributed by atoms with van der Waals surface area (Å²) in [5.74, 6) is 0.163. The van der Waals surface area contributed by atoms with Crippen molar-refractivity contribution in [1.82, 2.24) is 10.2 Å². The molecule has 1 aromatic heterocycles. The Morgan fingerprint density at radius 2 is 2.31 bits per heavy atom. The van der Waals surface area contributed by atoms with Crippen LogP contribution in [0.4, 0.5) is 5.82 Å². The number of nitriles is 1. The van der Waals surface area contributed by atoms with Crippen molar-refractivity contribution in [3.8, 4) is 6.07 Å². The molecular formula is C11H8N4O. The molecule has 16 heavy (non-hydrogen) atoms. The minimum atomic E-state index is -0.288. The molecule has 2 N–H and O–H groups in total. The van der Waals surface area contributed by atoms with Crippen LogP contribution in [0.5, 0.6) is 0 Å². The number of nitrogens with zero attached hydrogens (tertiary/aromatic N) is 2. The van der Waals surface area contributed by atoms with Crippen molar-refractivity contribution in [1.29, 1.82) is 5.26 Å². The van der Waals surface area contributed by atoms with E-state index in [1.54, 1.807) is 30.5 Å². The molecule has 0 fully saturated rings. The van der Waals surface area contributed by atoms with E-state index in [0.717, 1.165) is 0 Å². The van der Waals surface area contributed by atoms with Gasteiger partial charge in [0.2, 0.25) is 0 Å². The quantitative estimate of drug-likeness (QED) is 0.792. The standard InChI is InChI=1S/C11H8N4O/c12-7-8-2-1-3-9(6-8)11(16)14-10-4-5-13-15-10/h1-6H,(H2,13,14,15,16). The Morgan fingerprint density at radius 1 is 1.44 bits per heavy atom. The van der Waals surface area contributed by atoms with Crippen LogP contribution in [0.25, 0.3) is 0 Å². The molecule has 1 heterocycles. The van der Waals surface area contributed by atoms with Gasteiger partial charge in [0.15, 0.2) is 5.82 Å². The van der Waals surface area contributed by atoms with Crippen molar-refractivity contribution in [2.75, 3.05) is 5.32 Å². The van der Waals surface area contributed by atoms with Gasteiger partial charge >= 0.3 is 0 Å². The van der Waals surface area contributed by atoms with Crippen LogP contribution in [0.1, 0.15) is 15.9 Å². The summed E-state index contributed by atoms with van der Waals surface area (Å²) in [7, 11) is 0. The lowest BCUT2D eigenvalue weighted by atomic mass is 10.1. The zero-order valence-corrected chi connectivity index (χ0v) is 8.27. The molecule has 0 aliphatic heterocycles. The van der Waals surface area contributed by atoms with Crippen LogP contribution in [-0.4, -0.2) is 16.1 Å². The zero-order chi connectivity index (χ0) is 11.4. The van der Waals surface area contributed by atoms with Crippen LogP contribution in [0.15, 0.2) is 36.5 Å². The predicted molar refractivity (Wildman–Crippen MR) is 57.7 cm³/mol. The van der Waals surface area contributed by atoms with Crippen LogP contribution in [0, 0.1) is 11.3 Å². The van der Waals surface area contributed by atoms with Gasteiger partial charge in [0.25, 0.3) is 5.91 Å². The number of hydrogen-bond donors (Lipinski definition) is 2. The highest BCUT2D eigenvalue weighted by atomic mass is 16.1. The van der Waals surface area contributed by atoms with Crippen molar-refractivity contribution >= 4 is 11.7 Å². The summed E-state index contributed by atoms with van der Waals surface area (Å²) >= 11 is 0. The molecule has 2 aromatic rings. The molecule has 0 spiro atoms. The topological polar surface area (TPSA) is 81.6 Å². The van der Waals surface area contributed by atoms with Crippen molar-refractivity contribution in [2.24, 2.45) is 0 Å². The van der Waals surface area contributed by atoms with Gasteiger partial charge in [-0.2, -0.15) is 10.4 Å². The number of anilines is 1. The van der Waals surface area contributed by atoms with E-state index in [4.69, 9.17) is 5.26 Å². The number of carbonyl (C=O) groups is 1. The maximum atomic E-state index is 11.7. The van der Waals surface area contributed by atoms with Gasteiger partial charge in [0.1, 0.15) is 0 Å². The van der Waals surface area contributed by atoms with Crippen LogP contribution in [-0.2, 0) is 0 Å². The van der Waals surface area contributed by atoms with E-state index in [1.807, 2.05) is 6.07 Å². The van der Waals surface area contributed by atoms with Gasteiger partial charge in [-0.15, -0.1) is 0 Å². The highest BCUT2D eigenvalue weighted by molar-refractivity contribution is 6.03. The van der Waals surface area contributed by atoms with Crippen LogP contribution < -0.4 is 5.32 Å². The molecule has 0 bridgehead atoms. The lowest BCUT2D eigenvalue weighted by molar-refractivity contribution is 0.102. The lowest BCUT2D eigenvalue weighted by Gasteiger charge is -2.01. The average molecular weight is 212 g/mol. The molecule has 0 saturated heterocycles. The average Bonchev–Trinajstić information content (AvgIpc) is 2.82. The van der Waals surface area contributed by atoms with Crippen molar-refractivity contribution in [3.63, 3.8) is 0 Å². The van der Waals surface area contributed by atoms with Gasteiger partial charge in [-0.05, 0) is 18.2 Å². The van der Waals surface area contributed by atoms with Gasteiger partial charge in [-0.1, -0.05) is 6.07 Å². The first kappa shape index (κ1) is 9.93. The zero-order valence-electron chi connectivity index (χ0n) is 8.27. The van der Waals surface area contributed by atoms with E-state index < -0.39 is 0 Å². The molecule has 0 atom stereocenters. The van der Waals surface area contributed by atoms with Crippen LogP contribution >= 0.6 is 0 Å². The number of carbonyl (C=O) groups excluding carboxylic acids is 1. The summed E-state index contributed by atoms with van der Waals surface area (Å²) in [6.07, 6.45) is 1.61. The summed E-state index contributed by atoms with van der Waals surface area (Å²) in [4.78, 5) is 11.7. The first-order valence-electron chi connectivity index (χ1n) is 4.61. The Bertz CT molecular complexity index is 539. The fourth-order valence-electron chi connectivity index (χ4n) is 1.25. The first-order chi connectivity index (χ1) is 7.79. The van der Waals surface area contributed by atoms with Gasteiger partial charge in [-0.25, -0.2) is 0 Å². The van der Waals surface area contributed by atoms with E-state index >= 15 is 0 Å². The number of H-pyrrole nitrogens is 1. The summed E-state index contributed by atoms with van der Waals surface area (Å²) in [6, 6.07) is 10.1. The van der Waals surface area contributed by atoms with Gasteiger partial charge in [0.05, 0.1) is 11.6 Å². The minimum absolute atomic E-state index is 0.288. The number of benzene rings is 1. The molecule has 5 nitrogen and oxygen atoms in total. The SMILES string of the molecule is N#Cc1cccc(C(=O)Nc2cc[nH]n2)c1. The normalized spacial score (nSPS) is 9.44. The Morgan fingerprint density at radius 3 is 3.00 bits per heavy atom. The summed E-state index contributed by atoms with van der Waals surface area (Å²) in [5, 5.41) is 17.7. The Hall–Kier alpha value is -2.61. The third kappa shape index (κ3) is 2.07. The lowest BCUT2D eigenvalue weighted by Crippen LogP contribution is -2.12. The maximum Gasteiger partial charge on any atom is 0.256 e. The molecule has 0 saturated carbocycles. The van der Waals surface area contributed by atoms with E-state index in [1.165, 1.54) is 6.07 Å². The second kappa shape index (κ2) is 4.28. The number of aromatic amines is 1. The maximum absolute atomic E-state index is 11.7. The fraction of sp³-hybridized carbons (Fsp3) is 0. The highest BCUT2D eigenvalue weighted by Crippen LogP contribution is 2.07. The van der Waals surface area contributed by atoms with Crippen molar-refractivity contribution in [2.45, 2.75) is 0 Å². The number of rotatable bonds is 2. The smallest absolute Gasteiger partial charge is 0.256 e. The fourth-order valence-corrected chi connectivity index (χ4v) is 1.25. The predicted octanol–water partition coefficient (Wildman–Crippen LogP) is 1.53. The molecule has 5 heteroatoms. The summed E-state index contributed by atoms with van der Waals surface area (Å²) in [5.41, 5.74) is 0.886. The Balaban J connectivity index is 2.18. The Kier molecular flexibility index (Phi) is 2.65. The number of aromatic nitrogens is 2. The molecular weight excluding hydrogens is 204 g/mol. The number of nitrogens with one attached hydrogen (secondary N) is 2. The molecule has 0 aliphatic carbocycles. The third-order valence-corrected chi connectivity index (χ3v) is 2.00. The molecule has 2 rings (SSSR count). The number of amides is 1. The minimum Gasteiger partial charge on any atom is -0.305 e. The number of hydrogen-bond acceptors (Lipinski definition) is 3. The second-order valence-corrected chi connectivity index (χ2v) is 3.11. The summed E-state index contributed by atoms with van der Waals surface area (Å²) < 4.78 is 0. The molecule has 78 valence electrons. The Labute approximate surface area is 91.7 Å². The molecule has 0 radical (unpaired) electrons. The third-order valence-electron chi connectivity index (χ3n) is 2.00. The van der Waals surface area contributed by atoms with Gasteiger partial charge in [0, 0.05) is 17.8 Å². The van der Waals surface area contributed by atoms with E-state index in [2.05, 4.69) is 15.5 Å². The van der Waals surface area contributed by atoms with E-state index in [9.17, 15) is 4.79 Å². The second-order valence-electron chi connectivity index (χ2n) is 3.11. The summed E-state index contributed by atoms with van der Waals surface area (Å²) in [6.45, 7) is 0. The van der Waals surface area contributed by atoms with E-state index in [0.29, 0.717) is 16.9 Å². The molecule has 0 unspecified atom stereocenters. The van der Waals surface area contributed by atoms with Gasteiger partial charge in [-0.3, -0.25) is 9.89 Å². The van der Waals surface area contributed by atoms with Crippen molar-refractivity contribution in [3.05, 3.63) is 47.7 Å².